The Morgan fingerprint density at radius 1 is 1.54 bits per heavy atom. The summed E-state index contributed by atoms with van der Waals surface area (Å²) in [6, 6.07) is 0. The first kappa shape index (κ1) is 10.5. The first-order chi connectivity index (χ1) is 6.07. The van der Waals surface area contributed by atoms with Gasteiger partial charge in [0.15, 0.2) is 0 Å². The molecular weight excluding hydrogens is 221 g/mol. The third-order valence-corrected chi connectivity index (χ3v) is 2.14. The van der Waals surface area contributed by atoms with Gasteiger partial charge in [0.1, 0.15) is 5.15 Å². The number of nitrogens with two attached hydrogens (primary N) is 1. The second-order valence-corrected chi connectivity index (χ2v) is 2.96. The van der Waals surface area contributed by atoms with Crippen molar-refractivity contribution in [3.8, 4) is 0 Å². The summed E-state index contributed by atoms with van der Waals surface area (Å²) < 4.78 is 24.7. The molecule has 2 N–H and O–H groups in total. The first-order valence-electron chi connectivity index (χ1n) is 3.34. The largest absolute Gasteiger partial charge is 0.398 e. The van der Waals surface area contributed by atoms with Gasteiger partial charge in [0, 0.05) is 17.4 Å². The molecule has 1 aromatic rings. The summed E-state index contributed by atoms with van der Waals surface area (Å²) in [5, 5.41) is -0.277. The topological polar surface area (TPSA) is 38.9 Å². The van der Waals surface area contributed by atoms with Gasteiger partial charge in [-0.3, -0.25) is 0 Å². The van der Waals surface area contributed by atoms with E-state index in [9.17, 15) is 8.78 Å². The van der Waals surface area contributed by atoms with Crippen LogP contribution in [0.3, 0.4) is 0 Å². The summed E-state index contributed by atoms with van der Waals surface area (Å²) in [4.78, 5) is 3.55. The summed E-state index contributed by atoms with van der Waals surface area (Å²) >= 11 is 10.9. The number of pyridine rings is 1. The smallest absolute Gasteiger partial charge is 0.268 e. The van der Waals surface area contributed by atoms with Crippen molar-refractivity contribution in [3.63, 3.8) is 0 Å². The number of anilines is 1. The highest BCUT2D eigenvalue weighted by molar-refractivity contribution is 6.30. The van der Waals surface area contributed by atoms with E-state index in [-0.39, 0.29) is 16.7 Å². The Labute approximate surface area is 83.7 Å². The van der Waals surface area contributed by atoms with E-state index in [1.54, 1.807) is 0 Å². The van der Waals surface area contributed by atoms with E-state index in [1.807, 2.05) is 0 Å². The standard InChI is InChI=1S/C7H6Cl2F2N2/c8-1-3-2-13-6(9)4(5(3)12)7(10)11/h2,7H,1H2,(H2,12,13). The minimum absolute atomic E-state index is 0.0374. The van der Waals surface area contributed by atoms with Gasteiger partial charge in [-0.1, -0.05) is 11.6 Å². The maximum absolute atomic E-state index is 12.4. The molecule has 0 saturated heterocycles. The second kappa shape index (κ2) is 4.07. The Morgan fingerprint density at radius 2 is 2.15 bits per heavy atom. The fraction of sp³-hybridized carbons (Fsp3) is 0.286. The van der Waals surface area contributed by atoms with Gasteiger partial charge in [-0.2, -0.15) is 0 Å². The normalized spacial score (nSPS) is 10.8. The molecule has 0 spiro atoms. The Balaban J connectivity index is 3.30. The molecule has 0 aromatic carbocycles. The average molecular weight is 227 g/mol. The van der Waals surface area contributed by atoms with Crippen LogP contribution in [0.2, 0.25) is 5.15 Å². The molecule has 0 fully saturated rings. The van der Waals surface area contributed by atoms with Crippen LogP contribution in [0.1, 0.15) is 17.6 Å². The van der Waals surface area contributed by atoms with E-state index in [2.05, 4.69) is 4.98 Å². The van der Waals surface area contributed by atoms with Crippen molar-refractivity contribution >= 4 is 28.9 Å². The summed E-state index contributed by atoms with van der Waals surface area (Å²) in [7, 11) is 0. The van der Waals surface area contributed by atoms with E-state index in [1.165, 1.54) is 6.20 Å². The van der Waals surface area contributed by atoms with Crippen LogP contribution in [0.4, 0.5) is 14.5 Å². The molecule has 0 aliphatic heterocycles. The van der Waals surface area contributed by atoms with Crippen molar-refractivity contribution in [3.05, 3.63) is 22.5 Å². The Bertz CT molecular complexity index is 318. The SMILES string of the molecule is Nc1c(CCl)cnc(Cl)c1C(F)F. The van der Waals surface area contributed by atoms with Crippen LogP contribution >= 0.6 is 23.2 Å². The Kier molecular flexibility index (Phi) is 3.27. The third kappa shape index (κ3) is 2.00. The fourth-order valence-corrected chi connectivity index (χ4v) is 1.32. The molecule has 0 aliphatic rings. The quantitative estimate of drug-likeness (QED) is 0.622. The van der Waals surface area contributed by atoms with Crippen LogP contribution in [-0.4, -0.2) is 4.98 Å². The van der Waals surface area contributed by atoms with Gasteiger partial charge in [0.25, 0.3) is 6.43 Å². The monoisotopic (exact) mass is 226 g/mol. The van der Waals surface area contributed by atoms with Crippen LogP contribution in [-0.2, 0) is 5.88 Å². The van der Waals surface area contributed by atoms with Crippen molar-refractivity contribution < 1.29 is 8.78 Å². The maximum atomic E-state index is 12.4. The summed E-state index contributed by atoms with van der Waals surface area (Å²) in [6.07, 6.45) is -1.44. The van der Waals surface area contributed by atoms with Crippen molar-refractivity contribution in [1.29, 1.82) is 0 Å². The van der Waals surface area contributed by atoms with Crippen LogP contribution < -0.4 is 5.73 Å². The van der Waals surface area contributed by atoms with Gasteiger partial charge in [0.05, 0.1) is 11.4 Å². The summed E-state index contributed by atoms with van der Waals surface area (Å²) in [6.45, 7) is 0. The number of rotatable bonds is 2. The van der Waals surface area contributed by atoms with E-state index >= 15 is 0 Å². The van der Waals surface area contributed by atoms with Crippen LogP contribution in [0.15, 0.2) is 6.20 Å². The molecule has 2 nitrogen and oxygen atoms in total. The summed E-state index contributed by atoms with van der Waals surface area (Å²) in [5.41, 5.74) is 5.25. The zero-order chi connectivity index (χ0) is 10.0. The van der Waals surface area contributed by atoms with Crippen LogP contribution in [0.25, 0.3) is 0 Å². The molecule has 0 aliphatic carbocycles. The molecule has 13 heavy (non-hydrogen) atoms. The number of aromatic nitrogens is 1. The molecule has 1 heterocycles. The van der Waals surface area contributed by atoms with Crippen molar-refractivity contribution in [2.75, 3.05) is 5.73 Å². The second-order valence-electron chi connectivity index (χ2n) is 2.34. The lowest BCUT2D eigenvalue weighted by atomic mass is 10.2. The number of hydrogen-bond acceptors (Lipinski definition) is 2. The van der Waals surface area contributed by atoms with E-state index in [0.29, 0.717) is 5.56 Å². The fourth-order valence-electron chi connectivity index (χ4n) is 0.872. The molecule has 0 radical (unpaired) electrons. The van der Waals surface area contributed by atoms with Gasteiger partial charge in [-0.05, 0) is 0 Å². The van der Waals surface area contributed by atoms with Gasteiger partial charge in [-0.15, -0.1) is 11.6 Å². The molecule has 0 saturated carbocycles. The zero-order valence-corrected chi connectivity index (χ0v) is 7.91. The highest BCUT2D eigenvalue weighted by atomic mass is 35.5. The predicted octanol–water partition coefficient (Wildman–Crippen LogP) is 2.99. The molecule has 0 unspecified atom stereocenters. The van der Waals surface area contributed by atoms with Crippen molar-refractivity contribution in [2.24, 2.45) is 0 Å². The van der Waals surface area contributed by atoms with Crippen LogP contribution in [0.5, 0.6) is 0 Å². The molecule has 72 valence electrons. The molecule has 0 atom stereocenters. The minimum Gasteiger partial charge on any atom is -0.398 e. The lowest BCUT2D eigenvalue weighted by molar-refractivity contribution is 0.152. The van der Waals surface area contributed by atoms with Gasteiger partial charge in [0.2, 0.25) is 0 Å². The minimum atomic E-state index is -2.73. The van der Waals surface area contributed by atoms with Gasteiger partial charge < -0.3 is 5.73 Å². The number of hydrogen-bond donors (Lipinski definition) is 1. The third-order valence-electron chi connectivity index (χ3n) is 1.55. The molecular formula is C7H6Cl2F2N2. The number of nitrogen functional groups attached to an aromatic ring is 1. The lowest BCUT2D eigenvalue weighted by Gasteiger charge is -2.09. The van der Waals surface area contributed by atoms with Gasteiger partial charge in [-0.25, -0.2) is 13.8 Å². The van der Waals surface area contributed by atoms with Crippen LogP contribution in [0, 0.1) is 0 Å². The average Bonchev–Trinajstić information content (AvgIpc) is 2.04. The lowest BCUT2D eigenvalue weighted by Crippen LogP contribution is -2.01. The first-order valence-corrected chi connectivity index (χ1v) is 4.26. The molecule has 0 bridgehead atoms. The number of alkyl halides is 3. The van der Waals surface area contributed by atoms with Crippen molar-refractivity contribution in [2.45, 2.75) is 12.3 Å². The predicted molar refractivity (Wildman–Crippen MR) is 48.2 cm³/mol. The Morgan fingerprint density at radius 3 is 2.62 bits per heavy atom. The molecule has 1 aromatic heterocycles. The Hall–Kier alpha value is -0.610. The molecule has 0 amide bonds. The highest BCUT2D eigenvalue weighted by Crippen LogP contribution is 2.32. The van der Waals surface area contributed by atoms with E-state index in [0.717, 1.165) is 0 Å². The maximum Gasteiger partial charge on any atom is 0.268 e. The van der Waals surface area contributed by atoms with E-state index < -0.39 is 12.0 Å². The summed E-state index contributed by atoms with van der Waals surface area (Å²) in [5.74, 6) is 0.0374. The number of nitrogens with zero attached hydrogens (tertiary/aromatic N) is 1. The number of halogens is 4. The van der Waals surface area contributed by atoms with E-state index in [4.69, 9.17) is 28.9 Å². The highest BCUT2D eigenvalue weighted by Gasteiger charge is 2.18. The zero-order valence-electron chi connectivity index (χ0n) is 6.40. The van der Waals surface area contributed by atoms with Crippen molar-refractivity contribution in [1.82, 2.24) is 4.98 Å². The molecule has 1 rings (SSSR count). The van der Waals surface area contributed by atoms with Gasteiger partial charge >= 0.3 is 0 Å². The molecule has 6 heteroatoms.